The zero-order valence-corrected chi connectivity index (χ0v) is 14.8. The van der Waals surface area contributed by atoms with Gasteiger partial charge in [0.1, 0.15) is 0 Å². The molecule has 2 aromatic carbocycles. The lowest BCUT2D eigenvalue weighted by atomic mass is 9.99. The summed E-state index contributed by atoms with van der Waals surface area (Å²) in [6.07, 6.45) is 2.31. The molecule has 1 N–H and O–H groups in total. The summed E-state index contributed by atoms with van der Waals surface area (Å²) in [6, 6.07) is 13.7. The molecule has 0 aliphatic carbocycles. The van der Waals surface area contributed by atoms with E-state index in [-0.39, 0.29) is 11.8 Å². The third kappa shape index (κ3) is 3.90. The van der Waals surface area contributed by atoms with Crippen LogP contribution in [0.2, 0.25) is 0 Å². The summed E-state index contributed by atoms with van der Waals surface area (Å²) in [7, 11) is 0. The van der Waals surface area contributed by atoms with Crippen molar-refractivity contribution in [3.8, 4) is 0 Å². The van der Waals surface area contributed by atoms with Crippen molar-refractivity contribution in [1.82, 2.24) is 5.32 Å². The quantitative estimate of drug-likeness (QED) is 0.930. The highest BCUT2D eigenvalue weighted by Gasteiger charge is 2.22. The first kappa shape index (κ1) is 17.2. The molecule has 4 nitrogen and oxygen atoms in total. The first-order chi connectivity index (χ1) is 12.1. The van der Waals surface area contributed by atoms with Gasteiger partial charge < -0.3 is 10.2 Å². The molecule has 0 fully saturated rings. The van der Waals surface area contributed by atoms with Crippen molar-refractivity contribution >= 4 is 17.5 Å². The van der Waals surface area contributed by atoms with Crippen LogP contribution in [0, 0.1) is 13.8 Å². The molecule has 0 aromatic heterocycles. The van der Waals surface area contributed by atoms with E-state index in [1.54, 1.807) is 6.07 Å². The Morgan fingerprint density at radius 1 is 1.12 bits per heavy atom. The second-order valence-electron chi connectivity index (χ2n) is 6.60. The summed E-state index contributed by atoms with van der Waals surface area (Å²) in [5, 5.41) is 2.86. The molecule has 0 unspecified atom stereocenters. The van der Waals surface area contributed by atoms with Crippen molar-refractivity contribution in [2.75, 3.05) is 18.0 Å². The van der Waals surface area contributed by atoms with Gasteiger partial charge in [0.2, 0.25) is 5.91 Å². The number of carbonyl (C=O) groups is 2. The average Bonchev–Trinajstić information content (AvgIpc) is 2.61. The first-order valence-corrected chi connectivity index (χ1v) is 8.80. The molecule has 0 saturated carbocycles. The molecule has 4 heteroatoms. The van der Waals surface area contributed by atoms with E-state index in [1.165, 1.54) is 11.1 Å². The minimum atomic E-state index is -0.124. The topological polar surface area (TPSA) is 49.4 Å². The van der Waals surface area contributed by atoms with Crippen LogP contribution in [0.15, 0.2) is 42.5 Å². The van der Waals surface area contributed by atoms with Gasteiger partial charge in [-0.1, -0.05) is 35.9 Å². The van der Waals surface area contributed by atoms with Gasteiger partial charge in [0.15, 0.2) is 0 Å². The van der Waals surface area contributed by atoms with Crippen LogP contribution >= 0.6 is 0 Å². The van der Waals surface area contributed by atoms with Crippen LogP contribution in [0.25, 0.3) is 0 Å². The Labute approximate surface area is 148 Å². The Balaban J connectivity index is 1.59. The van der Waals surface area contributed by atoms with E-state index < -0.39 is 0 Å². The van der Waals surface area contributed by atoms with Gasteiger partial charge in [-0.05, 0) is 49.9 Å². The number of amides is 2. The lowest BCUT2D eigenvalue weighted by Gasteiger charge is -2.30. The molecule has 2 amide bonds. The predicted molar refractivity (Wildman–Crippen MR) is 100.0 cm³/mol. The SMILES string of the molecule is Cc1ccc2c(c1)CCCN2C(=O)CCNC(=O)c1ccccc1C. The van der Waals surface area contributed by atoms with Crippen molar-refractivity contribution in [1.29, 1.82) is 0 Å². The van der Waals surface area contributed by atoms with E-state index in [9.17, 15) is 9.59 Å². The lowest BCUT2D eigenvalue weighted by Crippen LogP contribution is -2.37. The molecule has 1 aliphatic heterocycles. The molecule has 0 atom stereocenters. The van der Waals surface area contributed by atoms with Crippen LogP contribution in [-0.4, -0.2) is 24.9 Å². The molecular weight excluding hydrogens is 312 g/mol. The number of fused-ring (bicyclic) bond motifs is 1. The molecule has 2 aromatic rings. The van der Waals surface area contributed by atoms with Crippen molar-refractivity contribution < 1.29 is 9.59 Å². The third-order valence-corrected chi connectivity index (χ3v) is 4.67. The van der Waals surface area contributed by atoms with E-state index >= 15 is 0 Å². The molecule has 1 heterocycles. The van der Waals surface area contributed by atoms with Gasteiger partial charge in [-0.15, -0.1) is 0 Å². The van der Waals surface area contributed by atoms with Crippen molar-refractivity contribution in [2.45, 2.75) is 33.1 Å². The Morgan fingerprint density at radius 2 is 1.92 bits per heavy atom. The van der Waals surface area contributed by atoms with E-state index in [4.69, 9.17) is 0 Å². The zero-order valence-electron chi connectivity index (χ0n) is 14.8. The smallest absolute Gasteiger partial charge is 0.251 e. The summed E-state index contributed by atoms with van der Waals surface area (Å²) in [5.74, 6) is -0.0598. The normalized spacial score (nSPS) is 13.3. The lowest BCUT2D eigenvalue weighted by molar-refractivity contribution is -0.118. The number of benzene rings is 2. The first-order valence-electron chi connectivity index (χ1n) is 8.80. The molecule has 0 spiro atoms. The molecule has 0 radical (unpaired) electrons. The second kappa shape index (κ2) is 7.51. The maximum absolute atomic E-state index is 12.6. The van der Waals surface area contributed by atoms with Crippen LogP contribution in [0.1, 0.15) is 39.9 Å². The summed E-state index contributed by atoms with van der Waals surface area (Å²) in [4.78, 5) is 26.7. The molecule has 0 saturated heterocycles. The van der Waals surface area contributed by atoms with E-state index in [1.807, 2.05) is 42.2 Å². The average molecular weight is 336 g/mol. The van der Waals surface area contributed by atoms with Crippen LogP contribution < -0.4 is 10.2 Å². The summed E-state index contributed by atoms with van der Waals surface area (Å²) >= 11 is 0. The number of nitrogens with zero attached hydrogens (tertiary/aromatic N) is 1. The van der Waals surface area contributed by atoms with Gasteiger partial charge in [-0.25, -0.2) is 0 Å². The van der Waals surface area contributed by atoms with Crippen LogP contribution in [-0.2, 0) is 11.2 Å². The number of hydrogen-bond acceptors (Lipinski definition) is 2. The fourth-order valence-electron chi connectivity index (χ4n) is 3.33. The number of rotatable bonds is 4. The maximum Gasteiger partial charge on any atom is 0.251 e. The van der Waals surface area contributed by atoms with Gasteiger partial charge in [0.25, 0.3) is 5.91 Å². The maximum atomic E-state index is 12.6. The van der Waals surface area contributed by atoms with E-state index in [0.717, 1.165) is 30.6 Å². The molecule has 130 valence electrons. The number of anilines is 1. The Bertz CT molecular complexity index is 798. The van der Waals surface area contributed by atoms with E-state index in [0.29, 0.717) is 18.5 Å². The van der Waals surface area contributed by atoms with Crippen molar-refractivity contribution in [2.24, 2.45) is 0 Å². The van der Waals surface area contributed by atoms with Crippen LogP contribution in [0.4, 0.5) is 5.69 Å². The van der Waals surface area contributed by atoms with Gasteiger partial charge in [-0.2, -0.15) is 0 Å². The second-order valence-corrected chi connectivity index (χ2v) is 6.60. The highest BCUT2D eigenvalue weighted by atomic mass is 16.2. The van der Waals surface area contributed by atoms with Crippen LogP contribution in [0.5, 0.6) is 0 Å². The Morgan fingerprint density at radius 3 is 2.72 bits per heavy atom. The molecule has 25 heavy (non-hydrogen) atoms. The minimum absolute atomic E-state index is 0.0647. The summed E-state index contributed by atoms with van der Waals surface area (Å²) < 4.78 is 0. The number of aryl methyl sites for hydroxylation is 3. The fraction of sp³-hybridized carbons (Fsp3) is 0.333. The van der Waals surface area contributed by atoms with E-state index in [2.05, 4.69) is 18.3 Å². The number of hydrogen-bond donors (Lipinski definition) is 1. The Hall–Kier alpha value is -2.62. The number of carbonyl (C=O) groups excluding carboxylic acids is 2. The molecule has 0 bridgehead atoms. The van der Waals surface area contributed by atoms with Gasteiger partial charge in [0, 0.05) is 30.8 Å². The minimum Gasteiger partial charge on any atom is -0.352 e. The monoisotopic (exact) mass is 336 g/mol. The Kier molecular flexibility index (Phi) is 5.17. The summed E-state index contributed by atoms with van der Waals surface area (Å²) in [6.45, 7) is 5.08. The third-order valence-electron chi connectivity index (χ3n) is 4.67. The van der Waals surface area contributed by atoms with Gasteiger partial charge in [0.05, 0.1) is 0 Å². The standard InChI is InChI=1S/C21H24N2O2/c1-15-9-10-19-17(14-15)7-5-13-23(19)20(24)11-12-22-21(25)18-8-4-3-6-16(18)2/h3-4,6,8-10,14H,5,7,11-13H2,1-2H3,(H,22,25). The fourth-order valence-corrected chi connectivity index (χ4v) is 3.33. The van der Waals surface area contributed by atoms with Gasteiger partial charge >= 0.3 is 0 Å². The predicted octanol–water partition coefficient (Wildman–Crippen LogP) is 3.40. The van der Waals surface area contributed by atoms with Gasteiger partial charge in [-0.3, -0.25) is 9.59 Å². The molecule has 3 rings (SSSR count). The highest BCUT2D eigenvalue weighted by Crippen LogP contribution is 2.28. The van der Waals surface area contributed by atoms with Crippen molar-refractivity contribution in [3.05, 3.63) is 64.7 Å². The zero-order chi connectivity index (χ0) is 17.8. The summed E-state index contributed by atoms with van der Waals surface area (Å²) in [5.41, 5.74) is 5.08. The molecule has 1 aliphatic rings. The number of nitrogens with one attached hydrogen (secondary N) is 1. The molecular formula is C21H24N2O2. The van der Waals surface area contributed by atoms with Crippen molar-refractivity contribution in [3.63, 3.8) is 0 Å². The highest BCUT2D eigenvalue weighted by molar-refractivity contribution is 5.97. The van der Waals surface area contributed by atoms with Crippen LogP contribution in [0.3, 0.4) is 0 Å². The largest absolute Gasteiger partial charge is 0.352 e.